The minimum atomic E-state index is -3.06. The molecular weight excluding hydrogens is 618 g/mol. The molecule has 7 rings (SSSR count). The van der Waals surface area contributed by atoms with Crippen molar-refractivity contribution in [3.05, 3.63) is 54.6 Å². The summed E-state index contributed by atoms with van der Waals surface area (Å²) in [5.41, 5.74) is 1.31. The number of likely N-dealkylation sites (N-methyl/N-ethyl adjacent to an activating group) is 1. The molecule has 15 heteroatoms. The van der Waals surface area contributed by atoms with E-state index in [0.29, 0.717) is 36.1 Å². The molecule has 3 fully saturated rings. The monoisotopic (exact) mass is 652 g/mol. The van der Waals surface area contributed by atoms with Crippen LogP contribution in [0.2, 0.25) is 0 Å². The van der Waals surface area contributed by atoms with Crippen LogP contribution in [0.25, 0.3) is 16.9 Å². The number of carbonyl (C=O) groups is 2. The summed E-state index contributed by atoms with van der Waals surface area (Å²) >= 11 is 1.65. The van der Waals surface area contributed by atoms with Gasteiger partial charge in [-0.15, -0.1) is 11.8 Å². The van der Waals surface area contributed by atoms with Crippen LogP contribution in [0.3, 0.4) is 0 Å². The molecular formula is C31H34F2N8O4S. The number of alkyl halides is 2. The molecule has 4 aromatic rings. The van der Waals surface area contributed by atoms with Gasteiger partial charge in [-0.3, -0.25) is 19.2 Å². The van der Waals surface area contributed by atoms with Gasteiger partial charge in [-0.1, -0.05) is 0 Å². The second-order valence-corrected chi connectivity index (χ2v) is 13.2. The van der Waals surface area contributed by atoms with Gasteiger partial charge in [0.2, 0.25) is 5.91 Å². The maximum absolute atomic E-state index is 13.5. The number of hydrogen-bond acceptors (Lipinski definition) is 9. The number of amides is 2. The first kappa shape index (κ1) is 30.6. The summed E-state index contributed by atoms with van der Waals surface area (Å²) in [6.45, 7) is -0.417. The predicted molar refractivity (Wildman–Crippen MR) is 166 cm³/mol. The highest BCUT2D eigenvalue weighted by Crippen LogP contribution is 2.43. The first-order valence-electron chi connectivity index (χ1n) is 15.3. The van der Waals surface area contributed by atoms with E-state index in [1.165, 1.54) is 21.5 Å². The third kappa shape index (κ3) is 6.57. The van der Waals surface area contributed by atoms with Crippen molar-refractivity contribution < 1.29 is 27.8 Å². The van der Waals surface area contributed by atoms with Crippen LogP contribution in [0, 0.1) is 0 Å². The van der Waals surface area contributed by atoms with Crippen LogP contribution in [0.15, 0.2) is 53.9 Å². The molecule has 1 N–H and O–H groups in total. The third-order valence-electron chi connectivity index (χ3n) is 8.67. The van der Waals surface area contributed by atoms with Gasteiger partial charge in [-0.2, -0.15) is 19.0 Å². The number of halogens is 2. The number of rotatable bonds is 11. The number of likely N-dealkylation sites (tertiary alicyclic amines) is 1. The molecule has 242 valence electrons. The Kier molecular flexibility index (Phi) is 8.62. The molecule has 5 heterocycles. The first-order valence-corrected chi connectivity index (χ1v) is 16.2. The van der Waals surface area contributed by atoms with E-state index < -0.39 is 12.5 Å². The van der Waals surface area contributed by atoms with E-state index in [9.17, 15) is 18.4 Å². The molecule has 0 unspecified atom stereocenters. The summed E-state index contributed by atoms with van der Waals surface area (Å²) in [6, 6.07) is 7.50. The maximum Gasteiger partial charge on any atom is 0.387 e. The van der Waals surface area contributed by atoms with Gasteiger partial charge in [0.15, 0.2) is 5.65 Å². The molecule has 0 spiro atoms. The number of piperidine rings is 1. The van der Waals surface area contributed by atoms with Gasteiger partial charge in [0, 0.05) is 53.4 Å². The van der Waals surface area contributed by atoms with Gasteiger partial charge < -0.3 is 19.7 Å². The number of carbonyl (C=O) groups excluding carboxylic acids is 2. The summed E-state index contributed by atoms with van der Waals surface area (Å²) in [7, 11) is 2.11. The molecule has 1 saturated carbocycles. The first-order chi connectivity index (χ1) is 22.3. The second-order valence-electron chi connectivity index (χ2n) is 11.8. The third-order valence-corrected chi connectivity index (χ3v) is 10.0. The van der Waals surface area contributed by atoms with E-state index in [0.717, 1.165) is 43.8 Å². The number of anilines is 1. The van der Waals surface area contributed by atoms with Crippen molar-refractivity contribution in [2.75, 3.05) is 38.7 Å². The highest BCUT2D eigenvalue weighted by molar-refractivity contribution is 8.00. The zero-order chi connectivity index (χ0) is 31.8. The van der Waals surface area contributed by atoms with E-state index >= 15 is 0 Å². The highest BCUT2D eigenvalue weighted by atomic mass is 32.2. The fourth-order valence-corrected chi connectivity index (χ4v) is 6.92. The zero-order valence-electron chi connectivity index (χ0n) is 25.2. The number of hydrogen-bond donors (Lipinski definition) is 1. The summed E-state index contributed by atoms with van der Waals surface area (Å²) in [4.78, 5) is 36.3. The highest BCUT2D eigenvalue weighted by Gasteiger charge is 2.32. The number of nitrogens with one attached hydrogen (secondary N) is 1. The lowest BCUT2D eigenvalue weighted by Crippen LogP contribution is -2.54. The van der Waals surface area contributed by atoms with Gasteiger partial charge in [-0.25, -0.2) is 9.50 Å². The Morgan fingerprint density at radius 1 is 1.17 bits per heavy atom. The number of ether oxygens (including phenoxy) is 2. The Morgan fingerprint density at radius 2 is 1.98 bits per heavy atom. The van der Waals surface area contributed by atoms with Crippen LogP contribution in [-0.2, 0) is 16.1 Å². The Balaban J connectivity index is 1.16. The number of nitrogens with zero attached hydrogens (tertiary/aromatic N) is 7. The minimum Gasteiger partial charge on any atom is -0.434 e. The van der Waals surface area contributed by atoms with Gasteiger partial charge in [0.05, 0.1) is 31.1 Å². The van der Waals surface area contributed by atoms with Crippen LogP contribution in [0.4, 0.5) is 14.5 Å². The van der Waals surface area contributed by atoms with Crippen molar-refractivity contribution in [1.82, 2.24) is 34.2 Å². The number of fused-ring (bicyclic) bond motifs is 1. The largest absolute Gasteiger partial charge is 0.434 e. The van der Waals surface area contributed by atoms with Crippen molar-refractivity contribution in [2.45, 2.75) is 61.1 Å². The second kappa shape index (κ2) is 13.0. The molecule has 2 aliphatic heterocycles. The predicted octanol–water partition coefficient (Wildman–Crippen LogP) is 4.02. The minimum absolute atomic E-state index is 0.0806. The maximum atomic E-state index is 13.5. The molecule has 2 saturated heterocycles. The van der Waals surface area contributed by atoms with Crippen LogP contribution in [0.5, 0.6) is 5.75 Å². The molecule has 0 radical (unpaired) electrons. The molecule has 1 aromatic carbocycles. The van der Waals surface area contributed by atoms with E-state index in [1.807, 2.05) is 4.90 Å². The van der Waals surface area contributed by atoms with Crippen LogP contribution < -0.4 is 10.1 Å². The normalized spacial score (nSPS) is 17.5. The molecule has 0 bridgehead atoms. The Bertz CT molecular complexity index is 1730. The summed E-state index contributed by atoms with van der Waals surface area (Å²) in [6.07, 6.45) is 10.1. The Morgan fingerprint density at radius 3 is 2.70 bits per heavy atom. The fourth-order valence-electron chi connectivity index (χ4n) is 5.83. The molecule has 3 aliphatic rings. The molecule has 3 aromatic heterocycles. The fraction of sp³-hybridized carbons (Fsp3) is 0.452. The van der Waals surface area contributed by atoms with Gasteiger partial charge in [0.1, 0.15) is 23.6 Å². The quantitative estimate of drug-likeness (QED) is 0.256. The van der Waals surface area contributed by atoms with Crippen LogP contribution in [0.1, 0.15) is 36.0 Å². The summed E-state index contributed by atoms with van der Waals surface area (Å²) in [5.74, 6) is -0.708. The standard InChI is InChI=1S/C31H34F2N8O4S/c1-38(20-17-44-18-20)19-7-11-39(12-8-19)27(42)16-40-15-25(36-30(43)24-14-35-41-10-2-9-34-29(24)41)28(37-40)23-13-22(46-21-3-4-21)5-6-26(23)45-31(32)33/h2,5-6,9-10,13-15,19-21,31H,3-4,7-8,11-12,16-18H2,1H3,(H,36,43). The topological polar surface area (TPSA) is 119 Å². The van der Waals surface area contributed by atoms with Gasteiger partial charge in [0.25, 0.3) is 5.91 Å². The summed E-state index contributed by atoms with van der Waals surface area (Å²) < 4.78 is 40.2. The summed E-state index contributed by atoms with van der Waals surface area (Å²) in [5, 5.41) is 12.2. The van der Waals surface area contributed by atoms with Crippen molar-refractivity contribution >= 4 is 34.9 Å². The lowest BCUT2D eigenvalue weighted by molar-refractivity contribution is -0.134. The van der Waals surface area contributed by atoms with E-state index in [-0.39, 0.29) is 40.7 Å². The van der Waals surface area contributed by atoms with E-state index in [4.69, 9.17) is 9.47 Å². The lowest BCUT2D eigenvalue weighted by Gasteiger charge is -2.43. The zero-order valence-corrected chi connectivity index (χ0v) is 26.0. The molecule has 12 nitrogen and oxygen atoms in total. The smallest absolute Gasteiger partial charge is 0.387 e. The average molecular weight is 653 g/mol. The Hall–Kier alpha value is -4.08. The van der Waals surface area contributed by atoms with E-state index in [1.54, 1.807) is 48.6 Å². The van der Waals surface area contributed by atoms with Gasteiger partial charge >= 0.3 is 6.61 Å². The van der Waals surface area contributed by atoms with Crippen molar-refractivity contribution in [1.29, 1.82) is 0 Å². The SMILES string of the molecule is CN(C1CCN(C(=O)Cn2cc(NC(=O)c3cnn4cccnc34)c(-c3cc(SC4CC4)ccc3OC(F)F)n2)CC1)C1COC1. The van der Waals surface area contributed by atoms with Crippen molar-refractivity contribution in [2.24, 2.45) is 0 Å². The van der Waals surface area contributed by atoms with Crippen LogP contribution in [-0.4, -0.2) is 103 Å². The number of benzene rings is 1. The van der Waals surface area contributed by atoms with Crippen LogP contribution >= 0.6 is 11.8 Å². The molecule has 1 aliphatic carbocycles. The lowest BCUT2D eigenvalue weighted by atomic mass is 10.0. The number of aromatic nitrogens is 5. The molecule has 46 heavy (non-hydrogen) atoms. The Labute approximate surface area is 268 Å². The molecule has 0 atom stereocenters. The average Bonchev–Trinajstić information content (AvgIpc) is 3.59. The van der Waals surface area contributed by atoms with Gasteiger partial charge in [-0.05, 0) is 57.0 Å². The number of thioether (sulfide) groups is 1. The van der Waals surface area contributed by atoms with E-state index in [2.05, 4.69) is 32.4 Å². The van der Waals surface area contributed by atoms with Crippen molar-refractivity contribution in [3.63, 3.8) is 0 Å². The van der Waals surface area contributed by atoms with Crippen molar-refractivity contribution in [3.8, 4) is 17.0 Å². The molecule has 2 amide bonds.